The topological polar surface area (TPSA) is 35.1 Å². The number of alkyl halides is 3. The van der Waals surface area contributed by atoms with Crippen LogP contribution in [0.3, 0.4) is 0 Å². The maximum absolute atomic E-state index is 12.9. The van der Waals surface area contributed by atoms with Crippen molar-refractivity contribution < 1.29 is 17.7 Å². The highest BCUT2D eigenvalue weighted by Crippen LogP contribution is 2.31. The van der Waals surface area contributed by atoms with E-state index in [4.69, 9.17) is 0 Å². The van der Waals surface area contributed by atoms with Gasteiger partial charge in [0, 0.05) is 11.4 Å². The third-order valence-corrected chi connectivity index (χ3v) is 4.30. The Balaban J connectivity index is 4.86. The van der Waals surface area contributed by atoms with Crippen LogP contribution < -0.4 is 4.72 Å². The molecule has 0 saturated heterocycles. The molecule has 0 aliphatic rings. The fourth-order valence-corrected chi connectivity index (χ4v) is 2.08. The standard InChI is InChI=1S/C11H22F3NOS/c1-7(2)8(3)9(11(12,13)14)15-17(16)10(4,5)6/h7-9,15H,1-6H3/t8-,9-,17?/m0/s1. The summed E-state index contributed by atoms with van der Waals surface area (Å²) in [6.45, 7) is 9.91. The Labute approximate surface area is 105 Å². The van der Waals surface area contributed by atoms with Gasteiger partial charge < -0.3 is 4.55 Å². The number of rotatable bonds is 4. The van der Waals surface area contributed by atoms with Crippen molar-refractivity contribution in [3.05, 3.63) is 0 Å². The van der Waals surface area contributed by atoms with Gasteiger partial charge in [0.2, 0.25) is 0 Å². The van der Waals surface area contributed by atoms with Crippen molar-refractivity contribution >= 4 is 11.4 Å². The summed E-state index contributed by atoms with van der Waals surface area (Å²) in [5, 5.41) is 0. The number of nitrogens with one attached hydrogen (secondary N) is 1. The Morgan fingerprint density at radius 3 is 1.71 bits per heavy atom. The average molecular weight is 273 g/mol. The molecule has 0 heterocycles. The van der Waals surface area contributed by atoms with Crippen molar-refractivity contribution in [3.63, 3.8) is 0 Å². The van der Waals surface area contributed by atoms with Gasteiger partial charge in [-0.25, -0.2) is 0 Å². The molecule has 0 aliphatic heterocycles. The highest BCUT2D eigenvalue weighted by atomic mass is 32.2. The van der Waals surface area contributed by atoms with E-state index < -0.39 is 34.2 Å². The van der Waals surface area contributed by atoms with Crippen LogP contribution in [0.2, 0.25) is 0 Å². The molecule has 0 aromatic rings. The van der Waals surface area contributed by atoms with E-state index in [0.29, 0.717) is 0 Å². The van der Waals surface area contributed by atoms with Gasteiger partial charge in [-0.05, 0) is 32.6 Å². The van der Waals surface area contributed by atoms with Crippen molar-refractivity contribution in [3.8, 4) is 0 Å². The molecule has 0 amide bonds. The van der Waals surface area contributed by atoms with Gasteiger partial charge >= 0.3 is 6.18 Å². The predicted molar refractivity (Wildman–Crippen MR) is 64.9 cm³/mol. The van der Waals surface area contributed by atoms with Gasteiger partial charge in [-0.1, -0.05) is 20.8 Å². The van der Waals surface area contributed by atoms with Crippen molar-refractivity contribution in [2.24, 2.45) is 11.8 Å². The van der Waals surface area contributed by atoms with Crippen LogP contribution in [0, 0.1) is 11.8 Å². The van der Waals surface area contributed by atoms with E-state index in [1.807, 2.05) is 0 Å². The van der Waals surface area contributed by atoms with Crippen LogP contribution in [-0.4, -0.2) is 21.5 Å². The molecule has 17 heavy (non-hydrogen) atoms. The van der Waals surface area contributed by atoms with E-state index in [-0.39, 0.29) is 5.92 Å². The largest absolute Gasteiger partial charge is 0.598 e. The van der Waals surface area contributed by atoms with E-state index in [2.05, 4.69) is 4.72 Å². The fraction of sp³-hybridized carbons (Fsp3) is 1.00. The molecule has 1 unspecified atom stereocenters. The minimum atomic E-state index is -4.38. The molecule has 6 heteroatoms. The normalized spacial score (nSPS) is 19.2. The highest BCUT2D eigenvalue weighted by Gasteiger charge is 2.48. The predicted octanol–water partition coefficient (Wildman–Crippen LogP) is 3.26. The smallest absolute Gasteiger partial charge is 0.408 e. The molecule has 0 rings (SSSR count). The zero-order chi connectivity index (χ0) is 14.0. The summed E-state index contributed by atoms with van der Waals surface area (Å²) in [6, 6.07) is -1.73. The van der Waals surface area contributed by atoms with E-state index in [1.54, 1.807) is 34.6 Å². The van der Waals surface area contributed by atoms with Gasteiger partial charge in [-0.3, -0.25) is 0 Å². The van der Waals surface area contributed by atoms with Crippen molar-refractivity contribution in [2.45, 2.75) is 58.5 Å². The Bertz CT molecular complexity index is 238. The monoisotopic (exact) mass is 273 g/mol. The Kier molecular flexibility index (Phi) is 5.82. The Hall–Kier alpha value is 0.0600. The average Bonchev–Trinajstić information content (AvgIpc) is 2.08. The van der Waals surface area contributed by atoms with E-state index in [1.165, 1.54) is 6.92 Å². The van der Waals surface area contributed by atoms with Crippen LogP contribution in [0.15, 0.2) is 0 Å². The van der Waals surface area contributed by atoms with Gasteiger partial charge in [-0.15, -0.1) is 4.72 Å². The van der Waals surface area contributed by atoms with Gasteiger partial charge in [-0.2, -0.15) is 13.2 Å². The van der Waals surface area contributed by atoms with Gasteiger partial charge in [0.1, 0.15) is 4.75 Å². The molecule has 0 fully saturated rings. The number of hydrogen-bond donors (Lipinski definition) is 1. The maximum Gasteiger partial charge on any atom is 0.408 e. The molecule has 1 N–H and O–H groups in total. The summed E-state index contributed by atoms with van der Waals surface area (Å²) in [4.78, 5) is 0. The second-order valence-corrected chi connectivity index (χ2v) is 7.62. The van der Waals surface area contributed by atoms with Crippen LogP contribution in [0.4, 0.5) is 13.2 Å². The number of hydrogen-bond acceptors (Lipinski definition) is 2. The summed E-state index contributed by atoms with van der Waals surface area (Å²) < 4.78 is 51.9. The summed E-state index contributed by atoms with van der Waals surface area (Å²) >= 11 is -1.72. The van der Waals surface area contributed by atoms with Crippen molar-refractivity contribution in [1.29, 1.82) is 0 Å². The second kappa shape index (κ2) is 5.80. The van der Waals surface area contributed by atoms with Crippen molar-refractivity contribution in [1.82, 2.24) is 4.72 Å². The molecular weight excluding hydrogens is 251 g/mol. The summed E-state index contributed by atoms with van der Waals surface area (Å²) in [6.07, 6.45) is -4.38. The molecule has 0 aromatic heterocycles. The molecule has 3 atom stereocenters. The molecule has 0 aliphatic carbocycles. The summed E-state index contributed by atoms with van der Waals surface area (Å²) in [7, 11) is 0. The number of halogens is 3. The lowest BCUT2D eigenvalue weighted by atomic mass is 9.90. The zero-order valence-corrected chi connectivity index (χ0v) is 12.0. The lowest BCUT2D eigenvalue weighted by Gasteiger charge is -2.33. The van der Waals surface area contributed by atoms with E-state index in [9.17, 15) is 17.7 Å². The van der Waals surface area contributed by atoms with Crippen LogP contribution >= 0.6 is 0 Å². The second-order valence-electron chi connectivity index (χ2n) is 5.62. The van der Waals surface area contributed by atoms with Gasteiger partial charge in [0.25, 0.3) is 0 Å². The quantitative estimate of drug-likeness (QED) is 0.798. The van der Waals surface area contributed by atoms with E-state index >= 15 is 0 Å². The van der Waals surface area contributed by atoms with Crippen LogP contribution in [-0.2, 0) is 11.4 Å². The zero-order valence-electron chi connectivity index (χ0n) is 11.2. The summed E-state index contributed by atoms with van der Waals surface area (Å²) in [5.74, 6) is -0.757. The first-order chi connectivity index (χ1) is 7.37. The third kappa shape index (κ3) is 5.48. The SMILES string of the molecule is CC(C)[C@H](C)[C@H](N[S+]([O-])C(C)(C)C)C(F)(F)F. The first-order valence-corrected chi connectivity index (χ1v) is 6.77. The lowest BCUT2D eigenvalue weighted by Crippen LogP contribution is -2.54. The minimum absolute atomic E-state index is 0.133. The first kappa shape index (κ1) is 17.1. The summed E-state index contributed by atoms with van der Waals surface area (Å²) in [5.41, 5.74) is 0. The minimum Gasteiger partial charge on any atom is -0.598 e. The molecular formula is C11H22F3NOS. The fourth-order valence-electron chi connectivity index (χ4n) is 1.15. The molecule has 2 nitrogen and oxygen atoms in total. The van der Waals surface area contributed by atoms with Crippen molar-refractivity contribution in [2.75, 3.05) is 0 Å². The Morgan fingerprint density at radius 2 is 1.47 bits per heavy atom. The van der Waals surface area contributed by atoms with Gasteiger partial charge in [0.15, 0.2) is 6.04 Å². The Morgan fingerprint density at radius 1 is 1.06 bits per heavy atom. The molecule has 0 bridgehead atoms. The molecule has 0 radical (unpaired) electrons. The maximum atomic E-state index is 12.9. The highest BCUT2D eigenvalue weighted by molar-refractivity contribution is 7.90. The van der Waals surface area contributed by atoms with Gasteiger partial charge in [0.05, 0.1) is 0 Å². The molecule has 0 spiro atoms. The third-order valence-electron chi connectivity index (χ3n) is 2.72. The molecule has 104 valence electrons. The molecule has 0 saturated carbocycles. The van der Waals surface area contributed by atoms with Crippen LogP contribution in [0.1, 0.15) is 41.5 Å². The lowest BCUT2D eigenvalue weighted by molar-refractivity contribution is -0.165. The first-order valence-electron chi connectivity index (χ1n) is 5.62. The molecule has 0 aromatic carbocycles. The van der Waals surface area contributed by atoms with Crippen LogP contribution in [0.25, 0.3) is 0 Å². The van der Waals surface area contributed by atoms with E-state index in [0.717, 1.165) is 0 Å². The van der Waals surface area contributed by atoms with Crippen LogP contribution in [0.5, 0.6) is 0 Å².